The number of imide groups is 1. The summed E-state index contributed by atoms with van der Waals surface area (Å²) in [4.78, 5) is 37.7. The lowest BCUT2D eigenvalue weighted by atomic mass is 10.1. The SMILES string of the molecule is COc1ccc(S(=O)(=O)N2CCOCC2)cc1NC(=O)c1ccc(N2C(=O)CCC2=O)cc1. The number of sulfonamides is 1. The summed E-state index contributed by atoms with van der Waals surface area (Å²) in [7, 11) is -2.34. The molecule has 0 aromatic heterocycles. The number of ether oxygens (including phenoxy) is 2. The van der Waals surface area contributed by atoms with Crippen molar-refractivity contribution in [2.24, 2.45) is 0 Å². The Hall–Kier alpha value is -3.28. The van der Waals surface area contributed by atoms with Crippen LogP contribution in [0, 0.1) is 0 Å². The minimum atomic E-state index is -3.76. The van der Waals surface area contributed by atoms with Gasteiger partial charge in [0, 0.05) is 31.5 Å². The Labute approximate surface area is 191 Å². The van der Waals surface area contributed by atoms with Gasteiger partial charge in [0.25, 0.3) is 5.91 Å². The average Bonchev–Trinajstić information content (AvgIpc) is 3.17. The van der Waals surface area contributed by atoms with Gasteiger partial charge >= 0.3 is 0 Å². The maximum atomic E-state index is 13.0. The highest BCUT2D eigenvalue weighted by Gasteiger charge is 2.30. The smallest absolute Gasteiger partial charge is 0.255 e. The molecule has 2 fully saturated rings. The molecule has 10 nitrogen and oxygen atoms in total. The molecule has 0 aliphatic carbocycles. The van der Waals surface area contributed by atoms with E-state index in [1.54, 1.807) is 0 Å². The molecule has 3 amide bonds. The molecular weight excluding hydrogens is 450 g/mol. The third-order valence-corrected chi connectivity index (χ3v) is 7.36. The summed E-state index contributed by atoms with van der Waals surface area (Å²) in [5.41, 5.74) is 0.863. The third-order valence-electron chi connectivity index (χ3n) is 5.47. The molecule has 2 heterocycles. The topological polar surface area (TPSA) is 122 Å². The highest BCUT2D eigenvalue weighted by atomic mass is 32.2. The normalized spacial score (nSPS) is 17.3. The van der Waals surface area contributed by atoms with Gasteiger partial charge in [-0.2, -0.15) is 4.31 Å². The molecule has 2 aliphatic heterocycles. The quantitative estimate of drug-likeness (QED) is 0.633. The van der Waals surface area contributed by atoms with Crippen LogP contribution in [0.3, 0.4) is 0 Å². The number of nitrogens with one attached hydrogen (secondary N) is 1. The first-order valence-electron chi connectivity index (χ1n) is 10.3. The van der Waals surface area contributed by atoms with Crippen molar-refractivity contribution >= 4 is 39.1 Å². The number of nitrogens with zero attached hydrogens (tertiary/aromatic N) is 2. The summed E-state index contributed by atoms with van der Waals surface area (Å²) < 4.78 is 37.8. The molecule has 2 saturated heterocycles. The van der Waals surface area contributed by atoms with Gasteiger partial charge in [0.05, 0.1) is 36.6 Å². The lowest BCUT2D eigenvalue weighted by molar-refractivity contribution is -0.121. The number of benzene rings is 2. The Balaban J connectivity index is 1.55. The van der Waals surface area contributed by atoms with Gasteiger partial charge < -0.3 is 14.8 Å². The fourth-order valence-corrected chi connectivity index (χ4v) is 5.14. The largest absolute Gasteiger partial charge is 0.495 e. The summed E-state index contributed by atoms with van der Waals surface area (Å²) in [5.74, 6) is -0.755. The number of rotatable bonds is 6. The van der Waals surface area contributed by atoms with Crippen LogP contribution in [0.5, 0.6) is 5.75 Å². The number of amides is 3. The van der Waals surface area contributed by atoms with Crippen LogP contribution in [0.2, 0.25) is 0 Å². The van der Waals surface area contributed by atoms with Gasteiger partial charge in [-0.15, -0.1) is 0 Å². The molecule has 2 aromatic carbocycles. The van der Waals surface area contributed by atoms with Crippen molar-refractivity contribution in [2.45, 2.75) is 17.7 Å². The predicted molar refractivity (Wildman–Crippen MR) is 119 cm³/mol. The number of hydrogen-bond donors (Lipinski definition) is 1. The second-order valence-corrected chi connectivity index (χ2v) is 9.44. The molecule has 0 atom stereocenters. The van der Waals surface area contributed by atoms with Gasteiger partial charge in [0.15, 0.2) is 0 Å². The lowest BCUT2D eigenvalue weighted by Gasteiger charge is -2.26. The van der Waals surface area contributed by atoms with Crippen molar-refractivity contribution in [3.8, 4) is 5.75 Å². The molecule has 2 aromatic rings. The van der Waals surface area contributed by atoms with E-state index in [0.717, 1.165) is 4.90 Å². The van der Waals surface area contributed by atoms with E-state index in [1.165, 1.54) is 53.9 Å². The highest BCUT2D eigenvalue weighted by molar-refractivity contribution is 7.89. The van der Waals surface area contributed by atoms with E-state index in [-0.39, 0.29) is 53.9 Å². The number of methoxy groups -OCH3 is 1. The first-order chi connectivity index (χ1) is 15.8. The first kappa shape index (κ1) is 22.9. The van der Waals surface area contributed by atoms with Crippen molar-refractivity contribution in [1.29, 1.82) is 0 Å². The highest BCUT2D eigenvalue weighted by Crippen LogP contribution is 2.30. The van der Waals surface area contributed by atoms with Crippen molar-refractivity contribution in [3.05, 3.63) is 48.0 Å². The van der Waals surface area contributed by atoms with Crippen LogP contribution < -0.4 is 15.0 Å². The van der Waals surface area contributed by atoms with Gasteiger partial charge in [0.2, 0.25) is 21.8 Å². The molecule has 0 unspecified atom stereocenters. The maximum Gasteiger partial charge on any atom is 0.255 e. The van der Waals surface area contributed by atoms with Gasteiger partial charge in [-0.25, -0.2) is 8.42 Å². The van der Waals surface area contributed by atoms with Crippen LogP contribution in [-0.2, 0) is 24.3 Å². The third kappa shape index (κ3) is 4.61. The Morgan fingerprint density at radius 2 is 1.64 bits per heavy atom. The average molecular weight is 474 g/mol. The van der Waals surface area contributed by atoms with Crippen LogP contribution in [-0.4, -0.2) is 63.9 Å². The monoisotopic (exact) mass is 473 g/mol. The second kappa shape index (κ2) is 9.30. The fourth-order valence-electron chi connectivity index (χ4n) is 3.70. The Morgan fingerprint density at radius 1 is 1.00 bits per heavy atom. The summed E-state index contributed by atoms with van der Waals surface area (Å²) >= 11 is 0. The van der Waals surface area contributed by atoms with Crippen molar-refractivity contribution in [2.75, 3.05) is 43.6 Å². The number of carbonyl (C=O) groups excluding carboxylic acids is 3. The second-order valence-electron chi connectivity index (χ2n) is 7.50. The van der Waals surface area contributed by atoms with Crippen LogP contribution in [0.4, 0.5) is 11.4 Å². The van der Waals surface area contributed by atoms with Crippen LogP contribution in [0.1, 0.15) is 23.2 Å². The van der Waals surface area contributed by atoms with Crippen LogP contribution in [0.25, 0.3) is 0 Å². The summed E-state index contributed by atoms with van der Waals surface area (Å²) in [6, 6.07) is 10.3. The maximum absolute atomic E-state index is 13.0. The van der Waals surface area contributed by atoms with E-state index < -0.39 is 15.9 Å². The molecule has 0 bridgehead atoms. The summed E-state index contributed by atoms with van der Waals surface area (Å²) in [6.45, 7) is 1.15. The number of carbonyl (C=O) groups is 3. The standard InChI is InChI=1S/C22H23N3O7S/c1-31-19-7-6-17(33(29,30)24-10-12-32-13-11-24)14-18(19)23-22(28)15-2-4-16(5-3-15)25-20(26)8-9-21(25)27/h2-7,14H,8-13H2,1H3,(H,23,28). The van der Waals surface area contributed by atoms with E-state index in [1.807, 2.05) is 0 Å². The van der Waals surface area contributed by atoms with Gasteiger partial charge in [0.1, 0.15) is 5.75 Å². The van der Waals surface area contributed by atoms with Crippen molar-refractivity contribution < 1.29 is 32.3 Å². The summed E-state index contributed by atoms with van der Waals surface area (Å²) in [6.07, 6.45) is 0.342. The predicted octanol–water partition coefficient (Wildman–Crippen LogP) is 1.62. The lowest BCUT2D eigenvalue weighted by Crippen LogP contribution is -2.40. The van der Waals surface area contributed by atoms with E-state index in [9.17, 15) is 22.8 Å². The van der Waals surface area contributed by atoms with Crippen LogP contribution in [0.15, 0.2) is 47.4 Å². The molecule has 0 spiro atoms. The molecule has 11 heteroatoms. The minimum Gasteiger partial charge on any atom is -0.495 e. The minimum absolute atomic E-state index is 0.0295. The molecule has 4 rings (SSSR count). The van der Waals surface area contributed by atoms with Gasteiger partial charge in [-0.1, -0.05) is 0 Å². The number of anilines is 2. The molecular formula is C22H23N3O7S. The van der Waals surface area contributed by atoms with Gasteiger partial charge in [-0.05, 0) is 42.5 Å². The first-order valence-corrected chi connectivity index (χ1v) is 11.8. The molecule has 33 heavy (non-hydrogen) atoms. The van der Waals surface area contributed by atoms with E-state index >= 15 is 0 Å². The zero-order valence-corrected chi connectivity index (χ0v) is 18.8. The Kier molecular flexibility index (Phi) is 6.45. The van der Waals surface area contributed by atoms with E-state index in [0.29, 0.717) is 24.7 Å². The van der Waals surface area contributed by atoms with Crippen LogP contribution >= 0.6 is 0 Å². The number of morpholine rings is 1. The zero-order valence-electron chi connectivity index (χ0n) is 17.9. The van der Waals surface area contributed by atoms with Gasteiger partial charge in [-0.3, -0.25) is 19.3 Å². The number of hydrogen-bond acceptors (Lipinski definition) is 7. The Morgan fingerprint density at radius 3 is 2.24 bits per heavy atom. The molecule has 0 radical (unpaired) electrons. The molecule has 174 valence electrons. The fraction of sp³-hybridized carbons (Fsp3) is 0.318. The molecule has 2 aliphatic rings. The summed E-state index contributed by atoms with van der Waals surface area (Å²) in [5, 5.41) is 2.68. The van der Waals surface area contributed by atoms with E-state index in [4.69, 9.17) is 9.47 Å². The van der Waals surface area contributed by atoms with E-state index in [2.05, 4.69) is 5.32 Å². The van der Waals surface area contributed by atoms with Crippen molar-refractivity contribution in [1.82, 2.24) is 4.31 Å². The van der Waals surface area contributed by atoms with Crippen molar-refractivity contribution in [3.63, 3.8) is 0 Å². The Bertz CT molecular complexity index is 1170. The molecule has 1 N–H and O–H groups in total. The molecule has 0 saturated carbocycles. The zero-order chi connectivity index (χ0) is 23.6.